The highest BCUT2D eigenvalue weighted by molar-refractivity contribution is 5.97. The average Bonchev–Trinajstić information content (AvgIpc) is 2.43. The number of piperidine rings is 1. The Morgan fingerprint density at radius 2 is 2.05 bits per heavy atom. The number of benzene rings is 1. The van der Waals surface area contributed by atoms with Crippen LogP contribution in [0.2, 0.25) is 0 Å². The molecule has 1 saturated heterocycles. The topological polar surface area (TPSA) is 70.2 Å². The number of hydrogen-bond donors (Lipinski definition) is 3. The van der Waals surface area contributed by atoms with E-state index in [1.807, 2.05) is 26.0 Å². The normalized spacial score (nSPS) is 21.7. The van der Waals surface area contributed by atoms with Gasteiger partial charge in [0.15, 0.2) is 0 Å². The number of hydrogen-bond acceptors (Lipinski definition) is 3. The van der Waals surface area contributed by atoms with Crippen LogP contribution < -0.4 is 16.0 Å². The number of carbonyl (C=O) groups excluding carboxylic acids is 2. The molecule has 1 heterocycles. The van der Waals surface area contributed by atoms with E-state index < -0.39 is 0 Å². The Kier molecular flexibility index (Phi) is 4.63. The molecule has 0 aliphatic carbocycles. The predicted molar refractivity (Wildman–Crippen MR) is 84.3 cm³/mol. The van der Waals surface area contributed by atoms with Gasteiger partial charge >= 0.3 is 0 Å². The molecule has 0 aromatic heterocycles. The van der Waals surface area contributed by atoms with Gasteiger partial charge in [-0.1, -0.05) is 6.07 Å². The van der Waals surface area contributed by atoms with Gasteiger partial charge in [-0.2, -0.15) is 0 Å². The molecular formula is C16H23N3O2. The zero-order valence-corrected chi connectivity index (χ0v) is 12.9. The third kappa shape index (κ3) is 3.82. The molecule has 1 unspecified atom stereocenters. The second-order valence-corrected chi connectivity index (χ2v) is 6.01. The highest BCUT2D eigenvalue weighted by Crippen LogP contribution is 2.28. The molecule has 114 valence electrons. The Morgan fingerprint density at radius 3 is 2.67 bits per heavy atom. The molecular weight excluding hydrogens is 266 g/mol. The Labute approximate surface area is 125 Å². The van der Waals surface area contributed by atoms with Gasteiger partial charge in [-0.25, -0.2) is 0 Å². The Morgan fingerprint density at radius 1 is 1.29 bits per heavy atom. The van der Waals surface area contributed by atoms with Crippen LogP contribution in [0.15, 0.2) is 18.2 Å². The number of rotatable bonds is 3. The minimum absolute atomic E-state index is 0.0207. The van der Waals surface area contributed by atoms with Crippen molar-refractivity contribution >= 4 is 23.2 Å². The monoisotopic (exact) mass is 289 g/mol. The van der Waals surface area contributed by atoms with Crippen molar-refractivity contribution in [1.29, 1.82) is 0 Å². The summed E-state index contributed by atoms with van der Waals surface area (Å²) >= 11 is 0. The third-order valence-corrected chi connectivity index (χ3v) is 3.95. The Balaban J connectivity index is 2.12. The molecule has 5 heteroatoms. The Hall–Kier alpha value is -1.88. The fourth-order valence-corrected chi connectivity index (χ4v) is 2.56. The van der Waals surface area contributed by atoms with E-state index in [0.717, 1.165) is 30.6 Å². The third-order valence-electron chi connectivity index (χ3n) is 3.95. The molecule has 0 bridgehead atoms. The van der Waals surface area contributed by atoms with Crippen LogP contribution in [0.25, 0.3) is 0 Å². The summed E-state index contributed by atoms with van der Waals surface area (Å²) in [4.78, 5) is 23.7. The highest BCUT2D eigenvalue weighted by atomic mass is 16.2. The van der Waals surface area contributed by atoms with Gasteiger partial charge in [0.2, 0.25) is 11.8 Å². The molecule has 1 aromatic rings. The van der Waals surface area contributed by atoms with Gasteiger partial charge in [-0.15, -0.1) is 0 Å². The molecule has 3 N–H and O–H groups in total. The number of anilines is 2. The first-order valence-corrected chi connectivity index (χ1v) is 7.31. The van der Waals surface area contributed by atoms with E-state index >= 15 is 0 Å². The van der Waals surface area contributed by atoms with Gasteiger partial charge in [0, 0.05) is 24.8 Å². The molecule has 1 fully saturated rings. The summed E-state index contributed by atoms with van der Waals surface area (Å²) < 4.78 is 0. The molecule has 0 saturated carbocycles. The minimum atomic E-state index is -0.378. The number of amides is 2. The largest absolute Gasteiger partial charge is 0.326 e. The standard InChI is InChI=1S/C16H23N3O2/c1-11-5-6-13(9-14(11)18-12(2)20)19-15(21)16(3)7-4-8-17-10-16/h5-6,9,17H,4,7-8,10H2,1-3H3,(H,18,20)(H,19,21). The summed E-state index contributed by atoms with van der Waals surface area (Å²) in [6.07, 6.45) is 1.89. The Bertz CT molecular complexity index is 548. The molecule has 5 nitrogen and oxygen atoms in total. The van der Waals surface area contributed by atoms with E-state index in [-0.39, 0.29) is 17.2 Å². The van der Waals surface area contributed by atoms with Crippen molar-refractivity contribution in [1.82, 2.24) is 5.32 Å². The lowest BCUT2D eigenvalue weighted by Gasteiger charge is -2.32. The van der Waals surface area contributed by atoms with Crippen molar-refractivity contribution in [2.45, 2.75) is 33.6 Å². The maximum absolute atomic E-state index is 12.5. The van der Waals surface area contributed by atoms with Crippen LogP contribution in [0.3, 0.4) is 0 Å². The molecule has 1 aliphatic rings. The van der Waals surface area contributed by atoms with Crippen LogP contribution >= 0.6 is 0 Å². The van der Waals surface area contributed by atoms with Crippen molar-refractivity contribution in [2.75, 3.05) is 23.7 Å². The van der Waals surface area contributed by atoms with Crippen LogP contribution in [0, 0.1) is 12.3 Å². The van der Waals surface area contributed by atoms with E-state index in [2.05, 4.69) is 16.0 Å². The van der Waals surface area contributed by atoms with E-state index in [0.29, 0.717) is 12.2 Å². The zero-order chi connectivity index (χ0) is 15.5. The highest BCUT2D eigenvalue weighted by Gasteiger charge is 2.34. The lowest BCUT2D eigenvalue weighted by atomic mass is 9.82. The summed E-state index contributed by atoms with van der Waals surface area (Å²) in [5.74, 6) is -0.0997. The predicted octanol–water partition coefficient (Wildman–Crippen LogP) is 2.28. The summed E-state index contributed by atoms with van der Waals surface area (Å²) in [5.41, 5.74) is 2.03. The molecule has 0 spiro atoms. The van der Waals surface area contributed by atoms with Crippen molar-refractivity contribution in [3.63, 3.8) is 0 Å². The first-order valence-electron chi connectivity index (χ1n) is 7.31. The molecule has 0 radical (unpaired) electrons. The molecule has 2 amide bonds. The van der Waals surface area contributed by atoms with Crippen LogP contribution in [0.1, 0.15) is 32.3 Å². The average molecular weight is 289 g/mol. The minimum Gasteiger partial charge on any atom is -0.326 e. The van der Waals surface area contributed by atoms with Gasteiger partial charge in [0.05, 0.1) is 5.41 Å². The first kappa shape index (κ1) is 15.5. The first-order chi connectivity index (χ1) is 9.90. The molecule has 1 atom stereocenters. The van der Waals surface area contributed by atoms with Crippen LogP contribution in [0.5, 0.6) is 0 Å². The van der Waals surface area contributed by atoms with Gasteiger partial charge in [-0.3, -0.25) is 9.59 Å². The molecule has 1 aliphatic heterocycles. The van der Waals surface area contributed by atoms with Crippen LogP contribution in [0.4, 0.5) is 11.4 Å². The van der Waals surface area contributed by atoms with E-state index in [4.69, 9.17) is 0 Å². The van der Waals surface area contributed by atoms with E-state index in [1.165, 1.54) is 6.92 Å². The van der Waals surface area contributed by atoms with Crippen molar-refractivity contribution in [3.05, 3.63) is 23.8 Å². The maximum atomic E-state index is 12.5. The van der Waals surface area contributed by atoms with Crippen molar-refractivity contribution in [3.8, 4) is 0 Å². The molecule has 21 heavy (non-hydrogen) atoms. The summed E-state index contributed by atoms with van der Waals surface area (Å²) in [5, 5.41) is 9.01. The SMILES string of the molecule is CC(=O)Nc1cc(NC(=O)C2(C)CCCNC2)ccc1C. The summed E-state index contributed by atoms with van der Waals surface area (Å²) in [6.45, 7) is 7.05. The van der Waals surface area contributed by atoms with Gasteiger partial charge in [-0.05, 0) is 50.9 Å². The quantitative estimate of drug-likeness (QED) is 0.799. The fraction of sp³-hybridized carbons (Fsp3) is 0.500. The van der Waals surface area contributed by atoms with Gasteiger partial charge in [0.1, 0.15) is 0 Å². The lowest BCUT2D eigenvalue weighted by Crippen LogP contribution is -2.46. The second-order valence-electron chi connectivity index (χ2n) is 6.01. The smallest absolute Gasteiger partial charge is 0.231 e. The summed E-state index contributed by atoms with van der Waals surface area (Å²) in [6, 6.07) is 5.55. The fourth-order valence-electron chi connectivity index (χ4n) is 2.56. The van der Waals surface area contributed by atoms with E-state index in [1.54, 1.807) is 6.07 Å². The van der Waals surface area contributed by atoms with Crippen LogP contribution in [-0.4, -0.2) is 24.9 Å². The van der Waals surface area contributed by atoms with Crippen LogP contribution in [-0.2, 0) is 9.59 Å². The lowest BCUT2D eigenvalue weighted by molar-refractivity contribution is -0.125. The van der Waals surface area contributed by atoms with Crippen molar-refractivity contribution < 1.29 is 9.59 Å². The second kappa shape index (κ2) is 6.26. The zero-order valence-electron chi connectivity index (χ0n) is 12.9. The number of aryl methyl sites for hydroxylation is 1. The number of carbonyl (C=O) groups is 2. The molecule has 1 aromatic carbocycles. The number of nitrogens with one attached hydrogen (secondary N) is 3. The van der Waals surface area contributed by atoms with Crippen molar-refractivity contribution in [2.24, 2.45) is 5.41 Å². The summed E-state index contributed by atoms with van der Waals surface area (Å²) in [7, 11) is 0. The van der Waals surface area contributed by atoms with Gasteiger partial charge in [0.25, 0.3) is 0 Å². The maximum Gasteiger partial charge on any atom is 0.231 e. The molecule has 2 rings (SSSR count). The van der Waals surface area contributed by atoms with E-state index in [9.17, 15) is 9.59 Å². The van der Waals surface area contributed by atoms with Gasteiger partial charge < -0.3 is 16.0 Å².